The largest absolute Gasteiger partial charge is 0.368 e. The van der Waals surface area contributed by atoms with E-state index in [-0.39, 0.29) is 5.95 Å². The van der Waals surface area contributed by atoms with Crippen molar-refractivity contribution in [2.75, 3.05) is 12.0 Å². The number of aromatic nitrogens is 3. The van der Waals surface area contributed by atoms with Crippen LogP contribution in [0.2, 0.25) is 0 Å². The molecule has 0 aliphatic carbocycles. The van der Waals surface area contributed by atoms with E-state index in [0.717, 1.165) is 5.56 Å². The molecule has 0 spiro atoms. The molecule has 0 saturated carbocycles. The average molecular weight is 289 g/mol. The molecule has 2 heterocycles. The first-order valence-corrected chi connectivity index (χ1v) is 7.59. The van der Waals surface area contributed by atoms with Gasteiger partial charge in [0.2, 0.25) is 5.95 Å². The maximum atomic E-state index is 9.21. The van der Waals surface area contributed by atoms with Gasteiger partial charge in [-0.15, -0.1) is 23.5 Å². The Labute approximate surface area is 119 Å². The van der Waals surface area contributed by atoms with Gasteiger partial charge in [-0.3, -0.25) is 4.98 Å². The molecule has 0 bridgehead atoms. The fourth-order valence-electron chi connectivity index (χ4n) is 1.41. The molecule has 2 rings (SSSR count). The zero-order valence-electron chi connectivity index (χ0n) is 10.2. The molecule has 5 nitrogen and oxygen atoms in total. The lowest BCUT2D eigenvalue weighted by Gasteiger charge is -2.07. The number of nitrogens with two attached hydrogens (primary N) is 1. The lowest BCUT2D eigenvalue weighted by molar-refractivity contribution is 0.961. The Kier molecular flexibility index (Phi) is 4.60. The van der Waals surface area contributed by atoms with E-state index in [9.17, 15) is 5.26 Å². The minimum atomic E-state index is 0.195. The van der Waals surface area contributed by atoms with Gasteiger partial charge in [0.25, 0.3) is 0 Å². The molecule has 0 fully saturated rings. The second-order valence-electron chi connectivity index (χ2n) is 3.53. The van der Waals surface area contributed by atoms with Crippen molar-refractivity contribution >= 4 is 29.5 Å². The van der Waals surface area contributed by atoms with Crippen molar-refractivity contribution < 1.29 is 0 Å². The molecule has 0 aromatic carbocycles. The van der Waals surface area contributed by atoms with Crippen LogP contribution in [0, 0.1) is 11.3 Å². The smallest absolute Gasteiger partial charge is 0.222 e. The number of anilines is 1. The molecule has 96 valence electrons. The molecular weight excluding hydrogens is 278 g/mol. The molecule has 0 aliphatic heterocycles. The van der Waals surface area contributed by atoms with Crippen molar-refractivity contribution in [2.45, 2.75) is 15.8 Å². The molecule has 0 radical (unpaired) electrons. The molecule has 2 aromatic rings. The van der Waals surface area contributed by atoms with E-state index >= 15 is 0 Å². The van der Waals surface area contributed by atoms with Crippen molar-refractivity contribution in [1.82, 2.24) is 15.0 Å². The number of nitriles is 1. The first kappa shape index (κ1) is 13.6. The summed E-state index contributed by atoms with van der Waals surface area (Å²) in [4.78, 5) is 12.2. The van der Waals surface area contributed by atoms with Crippen molar-refractivity contribution in [1.29, 1.82) is 5.26 Å². The summed E-state index contributed by atoms with van der Waals surface area (Å²) in [5.41, 5.74) is 7.26. The van der Waals surface area contributed by atoms with E-state index in [1.165, 1.54) is 23.5 Å². The van der Waals surface area contributed by atoms with Crippen LogP contribution in [0.4, 0.5) is 5.95 Å². The van der Waals surface area contributed by atoms with Crippen LogP contribution >= 0.6 is 23.5 Å². The third kappa shape index (κ3) is 3.36. The van der Waals surface area contributed by atoms with Crippen LogP contribution < -0.4 is 5.73 Å². The molecule has 7 heteroatoms. The van der Waals surface area contributed by atoms with Gasteiger partial charge < -0.3 is 5.73 Å². The number of nitrogen functional groups attached to an aromatic ring is 1. The highest BCUT2D eigenvalue weighted by Gasteiger charge is 2.13. The van der Waals surface area contributed by atoms with Crippen molar-refractivity contribution in [2.24, 2.45) is 0 Å². The van der Waals surface area contributed by atoms with Crippen molar-refractivity contribution in [3.05, 3.63) is 35.7 Å². The van der Waals surface area contributed by atoms with Gasteiger partial charge in [0.15, 0.2) is 0 Å². The maximum absolute atomic E-state index is 9.21. The van der Waals surface area contributed by atoms with Crippen molar-refractivity contribution in [3.63, 3.8) is 0 Å². The summed E-state index contributed by atoms with van der Waals surface area (Å²) in [5, 5.41) is 10.5. The Bertz CT molecular complexity index is 610. The summed E-state index contributed by atoms with van der Waals surface area (Å²) >= 11 is 2.87. The summed E-state index contributed by atoms with van der Waals surface area (Å²) in [6.07, 6.45) is 5.34. The number of thioether (sulfide) groups is 2. The Balaban J connectivity index is 2.25. The van der Waals surface area contributed by atoms with Crippen LogP contribution in [-0.4, -0.2) is 21.2 Å². The Morgan fingerprint density at radius 1 is 1.26 bits per heavy atom. The highest BCUT2D eigenvalue weighted by molar-refractivity contribution is 7.99. The van der Waals surface area contributed by atoms with E-state index in [0.29, 0.717) is 21.4 Å². The molecule has 2 N–H and O–H groups in total. The normalized spacial score (nSPS) is 10.1. The fourth-order valence-corrected chi connectivity index (χ4v) is 2.95. The quantitative estimate of drug-likeness (QED) is 0.682. The fraction of sp³-hybridized carbons (Fsp3) is 0.167. The Morgan fingerprint density at radius 2 is 1.95 bits per heavy atom. The first-order valence-electron chi connectivity index (χ1n) is 5.38. The number of hydrogen-bond donors (Lipinski definition) is 1. The van der Waals surface area contributed by atoms with Crippen molar-refractivity contribution in [3.8, 4) is 6.07 Å². The first-order chi connectivity index (χ1) is 9.24. The van der Waals surface area contributed by atoms with Gasteiger partial charge in [-0.2, -0.15) is 5.26 Å². The monoisotopic (exact) mass is 289 g/mol. The number of hydrogen-bond acceptors (Lipinski definition) is 7. The summed E-state index contributed by atoms with van der Waals surface area (Å²) < 4.78 is 0. The van der Waals surface area contributed by atoms with Gasteiger partial charge in [-0.1, -0.05) is 0 Å². The molecule has 0 amide bonds. The molecule has 2 aromatic heterocycles. The third-order valence-corrected chi connectivity index (χ3v) is 4.02. The summed E-state index contributed by atoms with van der Waals surface area (Å²) in [6.45, 7) is 0. The van der Waals surface area contributed by atoms with E-state index in [1.54, 1.807) is 12.4 Å². The van der Waals surface area contributed by atoms with Gasteiger partial charge in [0.1, 0.15) is 21.7 Å². The highest BCUT2D eigenvalue weighted by atomic mass is 32.2. The van der Waals surface area contributed by atoms with Gasteiger partial charge in [0.05, 0.1) is 0 Å². The predicted octanol–water partition coefficient (Wildman–Crippen LogP) is 2.34. The van der Waals surface area contributed by atoms with Gasteiger partial charge >= 0.3 is 0 Å². The van der Waals surface area contributed by atoms with Crippen LogP contribution in [0.3, 0.4) is 0 Å². The van der Waals surface area contributed by atoms with Crippen LogP contribution in [0.15, 0.2) is 34.6 Å². The van der Waals surface area contributed by atoms with E-state index in [1.807, 2.05) is 18.4 Å². The lowest BCUT2D eigenvalue weighted by atomic mass is 10.3. The maximum Gasteiger partial charge on any atom is 0.222 e. The van der Waals surface area contributed by atoms with Crippen LogP contribution in [0.1, 0.15) is 11.1 Å². The SMILES string of the molecule is CSc1nc(N)nc(SCc2ccncc2)c1C#N. The van der Waals surface area contributed by atoms with E-state index < -0.39 is 0 Å². The van der Waals surface area contributed by atoms with E-state index in [2.05, 4.69) is 21.0 Å². The number of nitrogens with zero attached hydrogens (tertiary/aromatic N) is 4. The van der Waals surface area contributed by atoms with Crippen LogP contribution in [0.5, 0.6) is 0 Å². The number of pyridine rings is 1. The minimum Gasteiger partial charge on any atom is -0.368 e. The average Bonchev–Trinajstić information content (AvgIpc) is 2.45. The summed E-state index contributed by atoms with van der Waals surface area (Å²) in [7, 11) is 0. The van der Waals surface area contributed by atoms with Gasteiger partial charge in [-0.25, -0.2) is 9.97 Å². The molecular formula is C12H11N5S2. The topological polar surface area (TPSA) is 88.5 Å². The molecule has 0 saturated heterocycles. The standard InChI is InChI=1S/C12H11N5S2/c1-18-10-9(6-13)11(17-12(14)16-10)19-7-8-2-4-15-5-3-8/h2-5H,7H2,1H3,(H2,14,16,17). The predicted molar refractivity (Wildman–Crippen MR) is 76.7 cm³/mol. The van der Waals surface area contributed by atoms with E-state index in [4.69, 9.17) is 5.73 Å². The molecule has 0 aliphatic rings. The number of rotatable bonds is 4. The Morgan fingerprint density at radius 3 is 2.58 bits per heavy atom. The van der Waals surface area contributed by atoms with Gasteiger partial charge in [0, 0.05) is 18.1 Å². The lowest BCUT2D eigenvalue weighted by Crippen LogP contribution is -2.01. The molecule has 0 unspecified atom stereocenters. The molecule has 19 heavy (non-hydrogen) atoms. The van der Waals surface area contributed by atoms with Crippen LogP contribution in [0.25, 0.3) is 0 Å². The summed E-state index contributed by atoms with van der Waals surface area (Å²) in [5.74, 6) is 0.905. The summed E-state index contributed by atoms with van der Waals surface area (Å²) in [6, 6.07) is 6.00. The second-order valence-corrected chi connectivity index (χ2v) is 5.29. The van der Waals surface area contributed by atoms with Crippen LogP contribution in [-0.2, 0) is 5.75 Å². The Hall–Kier alpha value is -1.78. The zero-order valence-corrected chi connectivity index (χ0v) is 11.8. The zero-order chi connectivity index (χ0) is 13.7. The second kappa shape index (κ2) is 6.41. The van der Waals surface area contributed by atoms with Gasteiger partial charge in [-0.05, 0) is 24.0 Å². The molecule has 0 atom stereocenters. The third-order valence-electron chi connectivity index (χ3n) is 2.29. The highest BCUT2D eigenvalue weighted by Crippen LogP contribution is 2.29. The minimum absolute atomic E-state index is 0.195.